The number of hydrogen-bond acceptors (Lipinski definition) is 3. The number of carboxylic acid groups (broad SMARTS) is 1. The molecule has 17 heavy (non-hydrogen) atoms. The molecule has 0 radical (unpaired) electrons. The van der Waals surface area contributed by atoms with Gasteiger partial charge in [0.1, 0.15) is 23.7 Å². The van der Waals surface area contributed by atoms with E-state index in [4.69, 9.17) is 9.84 Å². The highest BCUT2D eigenvalue weighted by atomic mass is 32.1. The van der Waals surface area contributed by atoms with Crippen LogP contribution < -0.4 is 4.74 Å². The number of benzene rings is 1. The van der Waals surface area contributed by atoms with Crippen molar-refractivity contribution >= 4 is 17.3 Å². The van der Waals surface area contributed by atoms with Crippen LogP contribution in [0.5, 0.6) is 5.75 Å². The van der Waals surface area contributed by atoms with Crippen LogP contribution in [0.4, 0.5) is 4.39 Å². The molecule has 0 atom stereocenters. The van der Waals surface area contributed by atoms with E-state index in [9.17, 15) is 9.18 Å². The smallest absolute Gasteiger partial charge is 0.339 e. The summed E-state index contributed by atoms with van der Waals surface area (Å²) < 4.78 is 18.3. The average molecular weight is 252 g/mol. The van der Waals surface area contributed by atoms with Crippen LogP contribution in [0.15, 0.2) is 35.7 Å². The van der Waals surface area contributed by atoms with Gasteiger partial charge in [0.2, 0.25) is 0 Å². The van der Waals surface area contributed by atoms with E-state index < -0.39 is 11.8 Å². The number of thiophene rings is 1. The van der Waals surface area contributed by atoms with Gasteiger partial charge in [0.15, 0.2) is 0 Å². The molecule has 0 unspecified atom stereocenters. The van der Waals surface area contributed by atoms with Gasteiger partial charge in [-0.25, -0.2) is 9.18 Å². The number of aromatic carboxylic acids is 1. The van der Waals surface area contributed by atoms with Crippen molar-refractivity contribution in [3.05, 3.63) is 52.0 Å². The van der Waals surface area contributed by atoms with Crippen LogP contribution in [0.3, 0.4) is 0 Å². The third-order valence-electron chi connectivity index (χ3n) is 2.12. The van der Waals surface area contributed by atoms with Crippen LogP contribution in [0, 0.1) is 5.82 Å². The van der Waals surface area contributed by atoms with Crippen molar-refractivity contribution in [2.24, 2.45) is 0 Å². The summed E-state index contributed by atoms with van der Waals surface area (Å²) in [7, 11) is 0. The van der Waals surface area contributed by atoms with Gasteiger partial charge >= 0.3 is 5.97 Å². The minimum absolute atomic E-state index is 0.165. The Morgan fingerprint density at radius 1 is 1.41 bits per heavy atom. The second-order valence-corrected chi connectivity index (χ2v) is 4.35. The van der Waals surface area contributed by atoms with Crippen LogP contribution in [0.2, 0.25) is 0 Å². The van der Waals surface area contributed by atoms with Gasteiger partial charge < -0.3 is 9.84 Å². The lowest BCUT2D eigenvalue weighted by Crippen LogP contribution is -2.03. The van der Waals surface area contributed by atoms with Gasteiger partial charge in [-0.3, -0.25) is 0 Å². The summed E-state index contributed by atoms with van der Waals surface area (Å²) >= 11 is 1.51. The first-order chi connectivity index (χ1) is 8.16. The lowest BCUT2D eigenvalue weighted by molar-refractivity contribution is 0.0691. The number of carboxylic acids is 1. The molecule has 0 amide bonds. The maximum absolute atomic E-state index is 12.9. The van der Waals surface area contributed by atoms with Crippen LogP contribution in [-0.2, 0) is 6.61 Å². The Balaban J connectivity index is 2.17. The Hall–Kier alpha value is -1.88. The third kappa shape index (κ3) is 2.82. The zero-order chi connectivity index (χ0) is 12.3. The Morgan fingerprint density at radius 3 is 2.88 bits per heavy atom. The summed E-state index contributed by atoms with van der Waals surface area (Å²) in [6, 6.07) is 7.22. The van der Waals surface area contributed by atoms with Crippen molar-refractivity contribution in [1.29, 1.82) is 0 Å². The molecular formula is C12H9FO3S. The van der Waals surface area contributed by atoms with Crippen molar-refractivity contribution < 1.29 is 19.0 Å². The molecule has 1 N–H and O–H groups in total. The van der Waals surface area contributed by atoms with E-state index in [-0.39, 0.29) is 17.9 Å². The van der Waals surface area contributed by atoms with E-state index in [1.54, 1.807) is 0 Å². The predicted molar refractivity (Wildman–Crippen MR) is 62.0 cm³/mol. The number of hydrogen-bond donors (Lipinski definition) is 1. The molecule has 88 valence electrons. The van der Waals surface area contributed by atoms with Gasteiger partial charge in [-0.1, -0.05) is 6.07 Å². The number of rotatable bonds is 4. The van der Waals surface area contributed by atoms with E-state index in [1.807, 2.05) is 17.5 Å². The Morgan fingerprint density at radius 2 is 2.24 bits per heavy atom. The Kier molecular flexibility index (Phi) is 3.39. The maximum Gasteiger partial charge on any atom is 0.339 e. The molecule has 0 aliphatic heterocycles. The summed E-state index contributed by atoms with van der Waals surface area (Å²) in [4.78, 5) is 11.9. The topological polar surface area (TPSA) is 46.5 Å². The largest absolute Gasteiger partial charge is 0.487 e. The third-order valence-corrected chi connectivity index (χ3v) is 2.97. The molecule has 0 fully saturated rings. The molecule has 5 heteroatoms. The monoisotopic (exact) mass is 252 g/mol. The zero-order valence-electron chi connectivity index (χ0n) is 8.72. The van der Waals surface area contributed by atoms with Crippen molar-refractivity contribution in [2.45, 2.75) is 6.61 Å². The summed E-state index contributed by atoms with van der Waals surface area (Å²) in [5, 5.41) is 10.8. The van der Waals surface area contributed by atoms with Gasteiger partial charge in [-0.05, 0) is 29.6 Å². The van der Waals surface area contributed by atoms with Crippen LogP contribution in [0.25, 0.3) is 0 Å². The van der Waals surface area contributed by atoms with E-state index in [1.165, 1.54) is 23.5 Å². The highest BCUT2D eigenvalue weighted by Gasteiger charge is 2.12. The van der Waals surface area contributed by atoms with E-state index >= 15 is 0 Å². The summed E-state index contributed by atoms with van der Waals surface area (Å²) in [5.74, 6) is -1.62. The zero-order valence-corrected chi connectivity index (χ0v) is 9.54. The standard InChI is InChI=1S/C12H9FO3S/c13-8-3-4-11(10(6-8)12(14)15)16-7-9-2-1-5-17-9/h1-6H,7H2,(H,14,15). The molecule has 0 saturated carbocycles. The molecule has 0 aliphatic carbocycles. The Bertz CT molecular complexity index is 523. The fourth-order valence-corrected chi connectivity index (χ4v) is 1.95. The quantitative estimate of drug-likeness (QED) is 0.909. The van der Waals surface area contributed by atoms with Crippen molar-refractivity contribution in [2.75, 3.05) is 0 Å². The van der Waals surface area contributed by atoms with Gasteiger partial charge in [0.05, 0.1) is 0 Å². The maximum atomic E-state index is 12.9. The number of ether oxygens (including phenoxy) is 1. The molecule has 0 bridgehead atoms. The molecule has 1 aromatic carbocycles. The molecule has 1 heterocycles. The summed E-state index contributed by atoms with van der Waals surface area (Å²) in [5.41, 5.74) is -0.165. The van der Waals surface area contributed by atoms with E-state index in [0.29, 0.717) is 0 Å². The second-order valence-electron chi connectivity index (χ2n) is 3.31. The fourth-order valence-electron chi connectivity index (χ4n) is 1.34. The van der Waals surface area contributed by atoms with Crippen LogP contribution in [-0.4, -0.2) is 11.1 Å². The van der Waals surface area contributed by atoms with E-state index in [2.05, 4.69) is 0 Å². The molecule has 2 rings (SSSR count). The van der Waals surface area contributed by atoms with Gasteiger partial charge in [-0.15, -0.1) is 11.3 Å². The first-order valence-electron chi connectivity index (χ1n) is 4.85. The molecule has 0 saturated heterocycles. The normalized spacial score (nSPS) is 10.2. The number of halogens is 1. The fraction of sp³-hybridized carbons (Fsp3) is 0.0833. The first kappa shape index (κ1) is 11.6. The minimum atomic E-state index is -1.20. The Labute approximate surface area is 101 Å². The second kappa shape index (κ2) is 4.97. The van der Waals surface area contributed by atoms with Crippen molar-refractivity contribution in [1.82, 2.24) is 0 Å². The van der Waals surface area contributed by atoms with Crippen molar-refractivity contribution in [3.63, 3.8) is 0 Å². The highest BCUT2D eigenvalue weighted by Crippen LogP contribution is 2.21. The first-order valence-corrected chi connectivity index (χ1v) is 5.73. The lowest BCUT2D eigenvalue weighted by atomic mass is 10.2. The van der Waals surface area contributed by atoms with Gasteiger partial charge in [-0.2, -0.15) is 0 Å². The predicted octanol–water partition coefficient (Wildman–Crippen LogP) is 3.16. The molecule has 0 spiro atoms. The van der Waals surface area contributed by atoms with Crippen LogP contribution in [0.1, 0.15) is 15.2 Å². The number of carbonyl (C=O) groups is 1. The van der Waals surface area contributed by atoms with E-state index in [0.717, 1.165) is 10.9 Å². The summed E-state index contributed by atoms with van der Waals surface area (Å²) in [6.07, 6.45) is 0. The summed E-state index contributed by atoms with van der Waals surface area (Å²) in [6.45, 7) is 0.281. The highest BCUT2D eigenvalue weighted by molar-refractivity contribution is 7.09. The molecule has 2 aromatic rings. The minimum Gasteiger partial charge on any atom is -0.487 e. The SMILES string of the molecule is O=C(O)c1cc(F)ccc1OCc1cccs1. The van der Waals surface area contributed by atoms with Gasteiger partial charge in [0, 0.05) is 4.88 Å². The molecule has 1 aromatic heterocycles. The lowest BCUT2D eigenvalue weighted by Gasteiger charge is -2.07. The van der Waals surface area contributed by atoms with Gasteiger partial charge in [0.25, 0.3) is 0 Å². The van der Waals surface area contributed by atoms with Crippen molar-refractivity contribution in [3.8, 4) is 5.75 Å². The average Bonchev–Trinajstić information content (AvgIpc) is 2.80. The van der Waals surface area contributed by atoms with Crippen LogP contribution >= 0.6 is 11.3 Å². The molecule has 3 nitrogen and oxygen atoms in total. The molecule has 0 aliphatic rings. The molecular weight excluding hydrogens is 243 g/mol.